The second kappa shape index (κ2) is 8.49. The molecule has 0 spiro atoms. The van der Waals surface area contributed by atoms with E-state index in [1.807, 2.05) is 4.90 Å². The summed E-state index contributed by atoms with van der Waals surface area (Å²) < 4.78 is 4.96. The van der Waals surface area contributed by atoms with E-state index < -0.39 is 4.92 Å². The highest BCUT2D eigenvalue weighted by Gasteiger charge is 2.33. The number of benzene rings is 1. The maximum atomic E-state index is 12.9. The number of amides is 1. The van der Waals surface area contributed by atoms with Gasteiger partial charge in [-0.05, 0) is 36.8 Å². The third-order valence-corrected chi connectivity index (χ3v) is 5.64. The van der Waals surface area contributed by atoms with Crippen molar-refractivity contribution in [1.29, 1.82) is 0 Å². The summed E-state index contributed by atoms with van der Waals surface area (Å²) in [5.74, 6) is 1.24. The summed E-state index contributed by atoms with van der Waals surface area (Å²) in [6.07, 6.45) is 6.07. The van der Waals surface area contributed by atoms with E-state index >= 15 is 0 Å². The van der Waals surface area contributed by atoms with E-state index in [1.54, 1.807) is 19.2 Å². The molecule has 1 aliphatic heterocycles. The molecule has 7 nitrogen and oxygen atoms in total. The minimum atomic E-state index is -0.445. The number of carbonyl (C=O) groups is 1. The molecule has 0 radical (unpaired) electrons. The number of carbonyl (C=O) groups excluding carboxylic acids is 1. The fourth-order valence-electron chi connectivity index (χ4n) is 4.22. The monoisotopic (exact) mass is 361 g/mol. The fourth-order valence-corrected chi connectivity index (χ4v) is 4.22. The number of fused-ring (bicyclic) bond motifs is 1. The van der Waals surface area contributed by atoms with Gasteiger partial charge < -0.3 is 15.0 Å². The molecule has 1 heterocycles. The molecule has 26 heavy (non-hydrogen) atoms. The van der Waals surface area contributed by atoms with Gasteiger partial charge in [0.05, 0.1) is 11.5 Å². The van der Waals surface area contributed by atoms with E-state index in [1.165, 1.54) is 31.7 Å². The Hall–Kier alpha value is -2.15. The van der Waals surface area contributed by atoms with Crippen molar-refractivity contribution in [2.24, 2.45) is 11.8 Å². The van der Waals surface area contributed by atoms with E-state index in [-0.39, 0.29) is 11.6 Å². The van der Waals surface area contributed by atoms with Gasteiger partial charge in [0.15, 0.2) is 0 Å². The lowest BCUT2D eigenvalue weighted by Gasteiger charge is -2.41. The Morgan fingerprint density at radius 3 is 2.81 bits per heavy atom. The number of nitro benzene ring substituents is 1. The number of nitro groups is 1. The van der Waals surface area contributed by atoms with Gasteiger partial charge in [0.1, 0.15) is 5.69 Å². The van der Waals surface area contributed by atoms with E-state index in [0.717, 1.165) is 25.4 Å². The quantitative estimate of drug-likeness (QED) is 0.477. The normalized spacial score (nSPS) is 22.6. The molecule has 1 aromatic carbocycles. The SMILES string of the molecule is COCCNc1ccc(C(=O)N2CC[C@@H]3CCCC[C@@H]3C2)cc1[N+](=O)[O-]. The minimum absolute atomic E-state index is 0.0699. The van der Waals surface area contributed by atoms with Crippen molar-refractivity contribution < 1.29 is 14.5 Å². The zero-order valence-electron chi connectivity index (χ0n) is 15.3. The molecule has 1 aromatic rings. The van der Waals surface area contributed by atoms with Crippen LogP contribution in [0.4, 0.5) is 11.4 Å². The van der Waals surface area contributed by atoms with Crippen LogP contribution < -0.4 is 5.32 Å². The average Bonchev–Trinajstić information content (AvgIpc) is 2.67. The molecule has 1 amide bonds. The summed E-state index contributed by atoms with van der Waals surface area (Å²) in [5.41, 5.74) is 0.734. The van der Waals surface area contributed by atoms with Crippen LogP contribution in [-0.4, -0.2) is 49.1 Å². The number of hydrogen-bond donors (Lipinski definition) is 1. The van der Waals surface area contributed by atoms with Gasteiger partial charge in [-0.15, -0.1) is 0 Å². The van der Waals surface area contributed by atoms with Crippen LogP contribution in [-0.2, 0) is 4.74 Å². The van der Waals surface area contributed by atoms with Crippen molar-refractivity contribution in [3.63, 3.8) is 0 Å². The highest BCUT2D eigenvalue weighted by molar-refractivity contribution is 5.95. The predicted molar refractivity (Wildman–Crippen MR) is 99.4 cm³/mol. The van der Waals surface area contributed by atoms with Gasteiger partial charge in [0.25, 0.3) is 11.6 Å². The summed E-state index contributed by atoms with van der Waals surface area (Å²) in [4.78, 5) is 25.7. The van der Waals surface area contributed by atoms with Crippen LogP contribution in [0.15, 0.2) is 18.2 Å². The standard InChI is InChI=1S/C19H27N3O4/c1-26-11-9-20-17-7-6-15(12-18(17)22(24)25)19(23)21-10-8-14-4-2-3-5-16(14)13-21/h6-7,12,14,16,20H,2-5,8-11,13H2,1H3/t14-,16+/m0/s1. The first-order valence-electron chi connectivity index (χ1n) is 9.40. The first-order chi connectivity index (χ1) is 12.6. The Bertz CT molecular complexity index is 664. The summed E-state index contributed by atoms with van der Waals surface area (Å²) in [6, 6.07) is 4.69. The Kier molecular flexibility index (Phi) is 6.08. The summed E-state index contributed by atoms with van der Waals surface area (Å²) in [5, 5.41) is 14.4. The van der Waals surface area contributed by atoms with E-state index in [2.05, 4.69) is 5.32 Å². The highest BCUT2D eigenvalue weighted by atomic mass is 16.6. The van der Waals surface area contributed by atoms with Crippen molar-refractivity contribution >= 4 is 17.3 Å². The predicted octanol–water partition coefficient (Wildman–Crippen LogP) is 3.31. The van der Waals surface area contributed by atoms with Crippen LogP contribution in [0.25, 0.3) is 0 Å². The van der Waals surface area contributed by atoms with Gasteiger partial charge in [-0.25, -0.2) is 0 Å². The number of anilines is 1. The number of piperidine rings is 1. The van der Waals surface area contributed by atoms with Crippen LogP contribution in [0.5, 0.6) is 0 Å². The van der Waals surface area contributed by atoms with Crippen LogP contribution in [0.3, 0.4) is 0 Å². The molecule has 1 saturated heterocycles. The van der Waals surface area contributed by atoms with E-state index in [4.69, 9.17) is 4.74 Å². The second-order valence-electron chi connectivity index (χ2n) is 7.25. The van der Waals surface area contributed by atoms with Gasteiger partial charge in [0.2, 0.25) is 0 Å². The fraction of sp³-hybridized carbons (Fsp3) is 0.632. The highest BCUT2D eigenvalue weighted by Crippen LogP contribution is 2.36. The molecule has 0 bridgehead atoms. The van der Waals surface area contributed by atoms with Crippen molar-refractivity contribution in [2.75, 3.05) is 38.7 Å². The molecule has 142 valence electrons. The zero-order chi connectivity index (χ0) is 18.5. The Morgan fingerprint density at radius 1 is 1.31 bits per heavy atom. The van der Waals surface area contributed by atoms with Crippen molar-refractivity contribution in [2.45, 2.75) is 32.1 Å². The number of ether oxygens (including phenoxy) is 1. The number of nitrogens with one attached hydrogen (secondary N) is 1. The molecule has 1 saturated carbocycles. The van der Waals surface area contributed by atoms with E-state index in [9.17, 15) is 14.9 Å². The zero-order valence-corrected chi connectivity index (χ0v) is 15.3. The number of rotatable bonds is 6. The van der Waals surface area contributed by atoms with Gasteiger partial charge in [-0.2, -0.15) is 0 Å². The summed E-state index contributed by atoms with van der Waals surface area (Å²) >= 11 is 0. The second-order valence-corrected chi connectivity index (χ2v) is 7.25. The first-order valence-corrected chi connectivity index (χ1v) is 9.40. The third-order valence-electron chi connectivity index (χ3n) is 5.64. The Balaban J connectivity index is 1.72. The maximum absolute atomic E-state index is 12.9. The molecule has 2 atom stereocenters. The minimum Gasteiger partial charge on any atom is -0.383 e. The molecule has 2 fully saturated rings. The molecule has 1 aliphatic carbocycles. The first kappa shape index (κ1) is 18.6. The molecule has 3 rings (SSSR count). The number of methoxy groups -OCH3 is 1. The van der Waals surface area contributed by atoms with Crippen LogP contribution in [0.1, 0.15) is 42.5 Å². The van der Waals surface area contributed by atoms with Crippen molar-refractivity contribution in [3.05, 3.63) is 33.9 Å². The lowest BCUT2D eigenvalue weighted by atomic mass is 9.75. The molecule has 0 aromatic heterocycles. The third kappa shape index (κ3) is 4.15. The van der Waals surface area contributed by atoms with Crippen LogP contribution >= 0.6 is 0 Å². The van der Waals surface area contributed by atoms with Crippen LogP contribution in [0.2, 0.25) is 0 Å². The molecular weight excluding hydrogens is 334 g/mol. The average molecular weight is 361 g/mol. The Morgan fingerprint density at radius 2 is 2.08 bits per heavy atom. The van der Waals surface area contributed by atoms with Crippen molar-refractivity contribution in [3.8, 4) is 0 Å². The lowest BCUT2D eigenvalue weighted by Crippen LogP contribution is -2.44. The van der Waals surface area contributed by atoms with E-state index in [0.29, 0.717) is 30.3 Å². The number of hydrogen-bond acceptors (Lipinski definition) is 5. The molecular formula is C19H27N3O4. The van der Waals surface area contributed by atoms with Gasteiger partial charge in [-0.1, -0.05) is 19.3 Å². The topological polar surface area (TPSA) is 84.7 Å². The van der Waals surface area contributed by atoms with Crippen molar-refractivity contribution in [1.82, 2.24) is 4.90 Å². The smallest absolute Gasteiger partial charge is 0.293 e. The van der Waals surface area contributed by atoms with Gasteiger partial charge in [0, 0.05) is 38.4 Å². The molecule has 0 unspecified atom stereocenters. The lowest BCUT2D eigenvalue weighted by molar-refractivity contribution is -0.384. The molecule has 1 N–H and O–H groups in total. The summed E-state index contributed by atoms with van der Waals surface area (Å²) in [6.45, 7) is 2.46. The summed E-state index contributed by atoms with van der Waals surface area (Å²) in [7, 11) is 1.58. The van der Waals surface area contributed by atoms with Gasteiger partial charge in [-0.3, -0.25) is 14.9 Å². The number of nitrogens with zero attached hydrogens (tertiary/aromatic N) is 2. The molecule has 7 heteroatoms. The molecule has 2 aliphatic rings. The Labute approximate surface area is 153 Å². The van der Waals surface area contributed by atoms with Gasteiger partial charge >= 0.3 is 0 Å². The largest absolute Gasteiger partial charge is 0.383 e. The maximum Gasteiger partial charge on any atom is 0.293 e. The van der Waals surface area contributed by atoms with Crippen LogP contribution in [0, 0.1) is 22.0 Å². The number of likely N-dealkylation sites (tertiary alicyclic amines) is 1.